The molecular formula is C15H12F2N2S. The number of benzene rings is 1. The van der Waals surface area contributed by atoms with E-state index in [1.54, 1.807) is 11.3 Å². The summed E-state index contributed by atoms with van der Waals surface area (Å²) in [5.41, 5.74) is 1.99. The van der Waals surface area contributed by atoms with Crippen molar-refractivity contribution in [2.45, 2.75) is 25.7 Å². The average Bonchev–Trinajstić information content (AvgIpc) is 3.06. The van der Waals surface area contributed by atoms with Crippen LogP contribution < -0.4 is 0 Å². The molecule has 0 bridgehead atoms. The molecule has 1 aliphatic carbocycles. The van der Waals surface area contributed by atoms with Gasteiger partial charge in [-0.3, -0.25) is 0 Å². The summed E-state index contributed by atoms with van der Waals surface area (Å²) < 4.78 is 26.9. The number of nitrogens with zero attached hydrogens (tertiary/aromatic N) is 1. The van der Waals surface area contributed by atoms with Crippen molar-refractivity contribution in [1.29, 1.82) is 0 Å². The van der Waals surface area contributed by atoms with Crippen LogP contribution in [0.5, 0.6) is 0 Å². The summed E-state index contributed by atoms with van der Waals surface area (Å²) >= 11 is 1.70. The molecule has 0 atom stereocenters. The van der Waals surface area contributed by atoms with E-state index in [9.17, 15) is 8.78 Å². The molecule has 0 aliphatic heterocycles. The molecule has 0 fully saturated rings. The quantitative estimate of drug-likeness (QED) is 0.705. The first-order chi connectivity index (χ1) is 9.72. The minimum atomic E-state index is -0.883. The molecule has 1 aliphatic rings. The number of halogens is 2. The van der Waals surface area contributed by atoms with Crippen molar-refractivity contribution in [3.05, 3.63) is 40.3 Å². The Labute approximate surface area is 118 Å². The molecule has 0 unspecified atom stereocenters. The van der Waals surface area contributed by atoms with Crippen molar-refractivity contribution in [2.24, 2.45) is 0 Å². The minimum absolute atomic E-state index is 0.0753. The molecule has 0 saturated heterocycles. The standard InChI is InChI=1S/C15H12F2N2S/c16-9-5-6-10-14(13(9)17)19-15(18-10)12-7-8-3-1-2-4-11(8)20-12/h5-7H,1-4H2,(H,18,19). The third-order valence-corrected chi connectivity index (χ3v) is 5.02. The Morgan fingerprint density at radius 1 is 1.15 bits per heavy atom. The van der Waals surface area contributed by atoms with E-state index >= 15 is 0 Å². The lowest BCUT2D eigenvalue weighted by Crippen LogP contribution is -1.96. The molecule has 1 aromatic carbocycles. The molecule has 20 heavy (non-hydrogen) atoms. The number of imidazole rings is 1. The van der Waals surface area contributed by atoms with Crippen LogP contribution in [0.25, 0.3) is 21.7 Å². The Balaban J connectivity index is 1.86. The van der Waals surface area contributed by atoms with Gasteiger partial charge in [0, 0.05) is 4.88 Å². The number of fused-ring (bicyclic) bond motifs is 2. The number of rotatable bonds is 1. The van der Waals surface area contributed by atoms with Crippen LogP contribution in [0, 0.1) is 11.6 Å². The highest BCUT2D eigenvalue weighted by atomic mass is 32.1. The largest absolute Gasteiger partial charge is 0.337 e. The van der Waals surface area contributed by atoms with E-state index in [0.29, 0.717) is 11.3 Å². The SMILES string of the molecule is Fc1ccc2[nH]c(-c3cc4c(s3)CCCC4)nc2c1F. The summed E-state index contributed by atoms with van der Waals surface area (Å²) in [5, 5.41) is 0. The lowest BCUT2D eigenvalue weighted by atomic mass is 9.99. The van der Waals surface area contributed by atoms with E-state index in [2.05, 4.69) is 16.0 Å². The van der Waals surface area contributed by atoms with Crippen LogP contribution in [0.2, 0.25) is 0 Å². The number of hydrogen-bond donors (Lipinski definition) is 1. The van der Waals surface area contributed by atoms with Gasteiger partial charge in [0.1, 0.15) is 11.3 Å². The summed E-state index contributed by atoms with van der Waals surface area (Å²) in [4.78, 5) is 9.72. The maximum absolute atomic E-state index is 13.7. The van der Waals surface area contributed by atoms with Gasteiger partial charge in [-0.25, -0.2) is 13.8 Å². The highest BCUT2D eigenvalue weighted by molar-refractivity contribution is 7.15. The molecule has 0 saturated carbocycles. The predicted octanol–water partition coefficient (Wildman–Crippen LogP) is 4.45. The van der Waals surface area contributed by atoms with Gasteiger partial charge in [-0.1, -0.05) is 0 Å². The number of aromatic amines is 1. The number of hydrogen-bond acceptors (Lipinski definition) is 2. The van der Waals surface area contributed by atoms with Crippen LogP contribution in [-0.4, -0.2) is 9.97 Å². The molecule has 0 radical (unpaired) electrons. The first-order valence-corrected chi connectivity index (χ1v) is 7.50. The number of H-pyrrole nitrogens is 1. The molecule has 2 nitrogen and oxygen atoms in total. The third-order valence-electron chi connectivity index (χ3n) is 3.78. The fourth-order valence-electron chi connectivity index (χ4n) is 2.74. The van der Waals surface area contributed by atoms with E-state index < -0.39 is 11.6 Å². The van der Waals surface area contributed by atoms with Crippen molar-refractivity contribution >= 4 is 22.4 Å². The zero-order valence-electron chi connectivity index (χ0n) is 10.7. The van der Waals surface area contributed by atoms with Crippen LogP contribution in [0.3, 0.4) is 0 Å². The summed E-state index contributed by atoms with van der Waals surface area (Å²) in [7, 11) is 0. The Morgan fingerprint density at radius 3 is 2.85 bits per heavy atom. The summed E-state index contributed by atoms with van der Waals surface area (Å²) in [6, 6.07) is 4.78. The fraction of sp³-hybridized carbons (Fsp3) is 0.267. The van der Waals surface area contributed by atoms with Gasteiger partial charge < -0.3 is 4.98 Å². The lowest BCUT2D eigenvalue weighted by Gasteiger charge is -2.08. The van der Waals surface area contributed by atoms with Gasteiger partial charge in [0.05, 0.1) is 10.4 Å². The number of nitrogens with one attached hydrogen (secondary N) is 1. The van der Waals surface area contributed by atoms with Gasteiger partial charge in [-0.15, -0.1) is 11.3 Å². The second-order valence-electron chi connectivity index (χ2n) is 5.11. The first kappa shape index (κ1) is 12.0. The smallest absolute Gasteiger partial charge is 0.186 e. The second-order valence-corrected chi connectivity index (χ2v) is 6.25. The number of thiophene rings is 1. The second kappa shape index (κ2) is 4.38. The molecule has 1 N–H and O–H groups in total. The highest BCUT2D eigenvalue weighted by Crippen LogP contribution is 2.35. The molecule has 0 spiro atoms. The summed E-state index contributed by atoms with van der Waals surface area (Å²) in [6.07, 6.45) is 4.67. The number of aromatic nitrogens is 2. The van der Waals surface area contributed by atoms with Crippen molar-refractivity contribution < 1.29 is 8.78 Å². The van der Waals surface area contributed by atoms with E-state index in [-0.39, 0.29) is 5.52 Å². The Kier molecular flexibility index (Phi) is 2.63. The van der Waals surface area contributed by atoms with E-state index in [1.165, 1.54) is 29.3 Å². The zero-order valence-corrected chi connectivity index (χ0v) is 11.5. The molecule has 3 aromatic rings. The molecule has 102 valence electrons. The van der Waals surface area contributed by atoms with Crippen LogP contribution in [0.1, 0.15) is 23.3 Å². The third kappa shape index (κ3) is 1.77. The maximum Gasteiger partial charge on any atom is 0.186 e. The Morgan fingerprint density at radius 2 is 2.00 bits per heavy atom. The monoisotopic (exact) mass is 290 g/mol. The molecule has 2 aromatic heterocycles. The molecule has 5 heteroatoms. The Hall–Kier alpha value is -1.75. The average molecular weight is 290 g/mol. The van der Waals surface area contributed by atoms with Gasteiger partial charge in [0.2, 0.25) is 0 Å². The molecule has 2 heterocycles. The van der Waals surface area contributed by atoms with Crippen LogP contribution in [0.4, 0.5) is 8.78 Å². The van der Waals surface area contributed by atoms with Crippen molar-refractivity contribution in [3.63, 3.8) is 0 Å². The van der Waals surface area contributed by atoms with E-state index in [1.807, 2.05) is 0 Å². The lowest BCUT2D eigenvalue weighted by molar-refractivity contribution is 0.515. The highest BCUT2D eigenvalue weighted by Gasteiger charge is 2.17. The van der Waals surface area contributed by atoms with Crippen molar-refractivity contribution in [1.82, 2.24) is 9.97 Å². The molecule has 0 amide bonds. The van der Waals surface area contributed by atoms with Crippen LogP contribution >= 0.6 is 11.3 Å². The van der Waals surface area contributed by atoms with Crippen molar-refractivity contribution in [2.75, 3.05) is 0 Å². The van der Waals surface area contributed by atoms with Crippen molar-refractivity contribution in [3.8, 4) is 10.7 Å². The number of aryl methyl sites for hydroxylation is 2. The summed E-state index contributed by atoms with van der Waals surface area (Å²) in [6.45, 7) is 0. The van der Waals surface area contributed by atoms with Gasteiger partial charge in [0.15, 0.2) is 11.6 Å². The Bertz CT molecular complexity index is 780. The van der Waals surface area contributed by atoms with E-state index in [0.717, 1.165) is 23.8 Å². The van der Waals surface area contributed by atoms with Crippen LogP contribution in [-0.2, 0) is 12.8 Å². The summed E-state index contributed by atoms with van der Waals surface area (Å²) in [5.74, 6) is -1.11. The van der Waals surface area contributed by atoms with Gasteiger partial charge in [0.25, 0.3) is 0 Å². The van der Waals surface area contributed by atoms with E-state index in [4.69, 9.17) is 0 Å². The maximum atomic E-state index is 13.7. The van der Waals surface area contributed by atoms with Gasteiger partial charge in [-0.2, -0.15) is 0 Å². The molecular weight excluding hydrogens is 278 g/mol. The van der Waals surface area contributed by atoms with Gasteiger partial charge >= 0.3 is 0 Å². The molecule has 4 rings (SSSR count). The van der Waals surface area contributed by atoms with Crippen LogP contribution in [0.15, 0.2) is 18.2 Å². The predicted molar refractivity (Wildman–Crippen MR) is 76.0 cm³/mol. The fourth-order valence-corrected chi connectivity index (χ4v) is 3.94. The minimum Gasteiger partial charge on any atom is -0.337 e. The normalized spacial score (nSPS) is 14.7. The topological polar surface area (TPSA) is 28.7 Å². The first-order valence-electron chi connectivity index (χ1n) is 6.68. The zero-order chi connectivity index (χ0) is 13.7. The van der Waals surface area contributed by atoms with Gasteiger partial charge in [-0.05, 0) is 49.4 Å².